The van der Waals surface area contributed by atoms with Crippen molar-refractivity contribution in [2.45, 2.75) is 19.4 Å². The van der Waals surface area contributed by atoms with Crippen LogP contribution in [0.1, 0.15) is 22.8 Å². The van der Waals surface area contributed by atoms with Crippen LogP contribution in [0.25, 0.3) is 0 Å². The summed E-state index contributed by atoms with van der Waals surface area (Å²) >= 11 is 3.41. The summed E-state index contributed by atoms with van der Waals surface area (Å²) < 4.78 is 0.843. The fraction of sp³-hybridized carbons (Fsp3) is 0.167. The monoisotopic (exact) mass is 403 g/mol. The van der Waals surface area contributed by atoms with Gasteiger partial charge in [-0.25, -0.2) is 0 Å². The Labute approximate surface area is 153 Å². The highest BCUT2D eigenvalue weighted by Gasteiger charge is 2.20. The van der Waals surface area contributed by atoms with Gasteiger partial charge in [0.05, 0.1) is 0 Å². The molecule has 2 rings (SSSR count). The van der Waals surface area contributed by atoms with E-state index in [2.05, 4.69) is 26.6 Å². The first-order chi connectivity index (χ1) is 11.9. The summed E-state index contributed by atoms with van der Waals surface area (Å²) in [5.41, 5.74) is 7.25. The molecule has 2 aromatic carbocycles. The number of rotatable bonds is 6. The molecule has 0 aliphatic carbocycles. The highest BCUT2D eigenvalue weighted by Crippen LogP contribution is 2.18. The zero-order valence-corrected chi connectivity index (χ0v) is 15.2. The molecule has 4 N–H and O–H groups in total. The molecule has 0 saturated carbocycles. The fourth-order valence-electron chi connectivity index (χ4n) is 2.26. The lowest BCUT2D eigenvalue weighted by Crippen LogP contribution is -2.45. The molecular weight excluding hydrogens is 386 g/mol. The van der Waals surface area contributed by atoms with Crippen molar-refractivity contribution >= 4 is 39.3 Å². The topological polar surface area (TPSA) is 101 Å². The third kappa shape index (κ3) is 5.42. The van der Waals surface area contributed by atoms with Crippen LogP contribution in [0.15, 0.2) is 53.0 Å². The quantitative estimate of drug-likeness (QED) is 0.688. The van der Waals surface area contributed by atoms with Gasteiger partial charge in [-0.05, 0) is 35.9 Å². The largest absolute Gasteiger partial charge is 0.368 e. The highest BCUT2D eigenvalue weighted by molar-refractivity contribution is 9.10. The second-order valence-electron chi connectivity index (χ2n) is 5.48. The van der Waals surface area contributed by atoms with Crippen molar-refractivity contribution < 1.29 is 14.4 Å². The number of carbonyl (C=O) groups excluding carboxylic acids is 3. The molecule has 0 radical (unpaired) electrons. The van der Waals surface area contributed by atoms with E-state index in [0.717, 1.165) is 10.0 Å². The fourth-order valence-corrected chi connectivity index (χ4v) is 2.70. The second kappa shape index (κ2) is 8.43. The third-order valence-corrected chi connectivity index (χ3v) is 4.27. The maximum Gasteiger partial charge on any atom is 0.251 e. The van der Waals surface area contributed by atoms with E-state index in [1.165, 1.54) is 6.92 Å². The summed E-state index contributed by atoms with van der Waals surface area (Å²) in [7, 11) is 0. The lowest BCUT2D eigenvalue weighted by molar-refractivity contribution is -0.119. The molecule has 2 aromatic rings. The van der Waals surface area contributed by atoms with Crippen LogP contribution in [0.3, 0.4) is 0 Å². The van der Waals surface area contributed by atoms with Crippen LogP contribution in [-0.2, 0) is 16.0 Å². The standard InChI is InChI=1S/C18H18BrN3O3/c1-11(23)21-14-8-6-12(7-9-14)18(25)22-16(17(20)24)10-13-4-2-3-5-15(13)19/h2-9,16H,10H2,1H3,(H2,20,24)(H,21,23)(H,22,25)/t16-/m1/s1. The number of anilines is 1. The number of nitrogens with two attached hydrogens (primary N) is 1. The van der Waals surface area contributed by atoms with E-state index in [4.69, 9.17) is 5.73 Å². The van der Waals surface area contributed by atoms with Crippen LogP contribution in [0.5, 0.6) is 0 Å². The van der Waals surface area contributed by atoms with Crippen molar-refractivity contribution in [2.75, 3.05) is 5.32 Å². The lowest BCUT2D eigenvalue weighted by atomic mass is 10.0. The number of halogens is 1. The Bertz CT molecular complexity index is 790. The molecule has 1 atom stereocenters. The number of carbonyl (C=O) groups is 3. The minimum absolute atomic E-state index is 0.195. The zero-order valence-electron chi connectivity index (χ0n) is 13.6. The Morgan fingerprint density at radius 1 is 1.08 bits per heavy atom. The van der Waals surface area contributed by atoms with E-state index in [1.807, 2.05) is 24.3 Å². The number of hydrogen-bond acceptors (Lipinski definition) is 3. The number of primary amides is 1. The average Bonchev–Trinajstić information content (AvgIpc) is 2.56. The second-order valence-corrected chi connectivity index (χ2v) is 6.34. The van der Waals surface area contributed by atoms with Gasteiger partial charge in [0.15, 0.2) is 0 Å². The van der Waals surface area contributed by atoms with E-state index in [0.29, 0.717) is 11.3 Å². The Kier molecular flexibility index (Phi) is 6.30. The maximum absolute atomic E-state index is 12.4. The molecule has 0 aliphatic rings. The van der Waals surface area contributed by atoms with Gasteiger partial charge in [0.25, 0.3) is 5.91 Å². The molecule has 0 saturated heterocycles. The van der Waals surface area contributed by atoms with E-state index in [-0.39, 0.29) is 12.3 Å². The number of nitrogens with one attached hydrogen (secondary N) is 2. The predicted octanol–water partition coefficient (Wildman–Crippen LogP) is 2.23. The van der Waals surface area contributed by atoms with E-state index in [1.54, 1.807) is 24.3 Å². The third-order valence-electron chi connectivity index (χ3n) is 3.50. The van der Waals surface area contributed by atoms with Crippen molar-refractivity contribution in [3.8, 4) is 0 Å². The molecule has 0 heterocycles. The first-order valence-electron chi connectivity index (χ1n) is 7.58. The highest BCUT2D eigenvalue weighted by atomic mass is 79.9. The molecule has 130 valence electrons. The minimum Gasteiger partial charge on any atom is -0.368 e. The Morgan fingerprint density at radius 3 is 2.28 bits per heavy atom. The van der Waals surface area contributed by atoms with Crippen molar-refractivity contribution in [3.05, 3.63) is 64.1 Å². The summed E-state index contributed by atoms with van der Waals surface area (Å²) in [5.74, 6) is -1.22. The van der Waals surface area contributed by atoms with E-state index < -0.39 is 17.9 Å². The van der Waals surface area contributed by atoms with Gasteiger partial charge < -0.3 is 16.4 Å². The number of amides is 3. The maximum atomic E-state index is 12.4. The van der Waals surface area contributed by atoms with Crippen LogP contribution < -0.4 is 16.4 Å². The molecule has 0 fully saturated rings. The molecule has 6 nitrogen and oxygen atoms in total. The van der Waals surface area contributed by atoms with Crippen LogP contribution in [0.4, 0.5) is 5.69 Å². The number of hydrogen-bond donors (Lipinski definition) is 3. The molecule has 0 unspecified atom stereocenters. The average molecular weight is 404 g/mol. The molecule has 0 bridgehead atoms. The smallest absolute Gasteiger partial charge is 0.251 e. The van der Waals surface area contributed by atoms with Gasteiger partial charge in [-0.3, -0.25) is 14.4 Å². The van der Waals surface area contributed by atoms with Gasteiger partial charge in [-0.1, -0.05) is 34.1 Å². The van der Waals surface area contributed by atoms with Crippen LogP contribution in [-0.4, -0.2) is 23.8 Å². The molecule has 7 heteroatoms. The van der Waals surface area contributed by atoms with E-state index in [9.17, 15) is 14.4 Å². The molecular formula is C18H18BrN3O3. The van der Waals surface area contributed by atoms with Crippen LogP contribution in [0.2, 0.25) is 0 Å². The molecule has 0 aliphatic heterocycles. The summed E-state index contributed by atoms with van der Waals surface area (Å²) in [6.45, 7) is 1.40. The van der Waals surface area contributed by atoms with E-state index >= 15 is 0 Å². The molecule has 25 heavy (non-hydrogen) atoms. The normalized spacial score (nSPS) is 11.4. The summed E-state index contributed by atoms with van der Waals surface area (Å²) in [4.78, 5) is 35.1. The van der Waals surface area contributed by atoms with Gasteiger partial charge in [-0.2, -0.15) is 0 Å². The predicted molar refractivity (Wildman–Crippen MR) is 99.0 cm³/mol. The van der Waals surface area contributed by atoms with Crippen molar-refractivity contribution in [1.29, 1.82) is 0 Å². The molecule has 3 amide bonds. The minimum atomic E-state index is -0.832. The molecule has 0 aromatic heterocycles. The van der Waals surface area contributed by atoms with Crippen molar-refractivity contribution in [3.63, 3.8) is 0 Å². The Hall–Kier alpha value is -2.67. The Morgan fingerprint density at radius 2 is 1.72 bits per heavy atom. The Balaban J connectivity index is 2.08. The van der Waals surface area contributed by atoms with Gasteiger partial charge in [0.1, 0.15) is 6.04 Å². The summed E-state index contributed by atoms with van der Waals surface area (Å²) in [6, 6.07) is 13.0. The lowest BCUT2D eigenvalue weighted by Gasteiger charge is -2.16. The van der Waals surface area contributed by atoms with Crippen molar-refractivity contribution in [2.24, 2.45) is 5.73 Å². The van der Waals surface area contributed by atoms with Gasteiger partial charge in [0.2, 0.25) is 11.8 Å². The first kappa shape index (κ1) is 18.7. The van der Waals surface area contributed by atoms with Gasteiger partial charge in [0, 0.05) is 29.1 Å². The first-order valence-corrected chi connectivity index (χ1v) is 8.37. The van der Waals surface area contributed by atoms with Gasteiger partial charge in [-0.15, -0.1) is 0 Å². The molecule has 0 spiro atoms. The zero-order chi connectivity index (χ0) is 18.4. The SMILES string of the molecule is CC(=O)Nc1ccc(C(=O)N[C@H](Cc2ccccc2Br)C(N)=O)cc1. The van der Waals surface area contributed by atoms with Crippen LogP contribution >= 0.6 is 15.9 Å². The van der Waals surface area contributed by atoms with Crippen molar-refractivity contribution in [1.82, 2.24) is 5.32 Å². The summed E-state index contributed by atoms with van der Waals surface area (Å²) in [6.07, 6.45) is 0.284. The van der Waals surface area contributed by atoms with Crippen LogP contribution in [0, 0.1) is 0 Å². The van der Waals surface area contributed by atoms with Gasteiger partial charge >= 0.3 is 0 Å². The number of benzene rings is 2. The summed E-state index contributed by atoms with van der Waals surface area (Å²) in [5, 5.41) is 5.27.